The first-order chi connectivity index (χ1) is 16.1. The van der Waals surface area contributed by atoms with E-state index in [1.54, 1.807) is 35.9 Å². The molecule has 9 heteroatoms. The average Bonchev–Trinajstić information content (AvgIpc) is 3.46. The molecule has 4 aromatic rings. The third-order valence-corrected chi connectivity index (χ3v) is 7.60. The molecule has 0 bridgehead atoms. The van der Waals surface area contributed by atoms with Gasteiger partial charge in [0.1, 0.15) is 33.7 Å². The number of aliphatic carboxylic acids is 1. The first-order valence-electron chi connectivity index (χ1n) is 10.5. The molecule has 0 saturated carbocycles. The van der Waals surface area contributed by atoms with Gasteiger partial charge in [0.15, 0.2) is 0 Å². The van der Waals surface area contributed by atoms with Crippen molar-refractivity contribution in [3.8, 4) is 16.3 Å². The van der Waals surface area contributed by atoms with Gasteiger partial charge < -0.3 is 14.3 Å². The van der Waals surface area contributed by atoms with Crippen LogP contribution in [-0.4, -0.2) is 30.1 Å². The van der Waals surface area contributed by atoms with Crippen LogP contribution in [-0.2, 0) is 28.6 Å². The lowest BCUT2D eigenvalue weighted by atomic mass is 10.1. The number of aromatic nitrogens is 1. The number of hydrogen-bond acceptors (Lipinski definition) is 7. The van der Waals surface area contributed by atoms with E-state index in [-0.39, 0.29) is 18.1 Å². The Hall–Kier alpha value is -3.30. The smallest absolute Gasteiger partial charge is 0.307 e. The maximum atomic E-state index is 12.6. The molecule has 0 radical (unpaired) electrons. The highest BCUT2D eigenvalue weighted by molar-refractivity contribution is 8.02. The number of nitrogens with one attached hydrogen (secondary N) is 1. The highest BCUT2D eigenvalue weighted by atomic mass is 32.2. The largest absolute Gasteiger partial charge is 0.489 e. The van der Waals surface area contributed by atoms with Crippen molar-refractivity contribution in [3.63, 3.8) is 0 Å². The van der Waals surface area contributed by atoms with Gasteiger partial charge in [-0.05, 0) is 50.6 Å². The summed E-state index contributed by atoms with van der Waals surface area (Å²) >= 11 is 1.36. The Morgan fingerprint density at radius 1 is 1.24 bits per heavy atom. The molecular formula is C25H24N2O5S2. The maximum absolute atomic E-state index is 12.6. The Kier molecular flexibility index (Phi) is 6.67. The minimum Gasteiger partial charge on any atom is -0.489 e. The van der Waals surface area contributed by atoms with Gasteiger partial charge in [-0.25, -0.2) is 4.98 Å². The lowest BCUT2D eigenvalue weighted by Crippen LogP contribution is -2.28. The van der Waals surface area contributed by atoms with Crippen molar-refractivity contribution < 1.29 is 23.3 Å². The summed E-state index contributed by atoms with van der Waals surface area (Å²) in [7, 11) is -1.49. The van der Waals surface area contributed by atoms with Crippen molar-refractivity contribution in [1.82, 2.24) is 4.98 Å². The van der Waals surface area contributed by atoms with Gasteiger partial charge in [-0.1, -0.05) is 18.2 Å². The van der Waals surface area contributed by atoms with Gasteiger partial charge in [-0.2, -0.15) is 0 Å². The molecule has 0 aliphatic heterocycles. The lowest BCUT2D eigenvalue weighted by Gasteiger charge is -2.16. The number of rotatable bonds is 7. The molecule has 1 unspecified atom stereocenters. The Morgan fingerprint density at radius 3 is 2.74 bits per heavy atom. The summed E-state index contributed by atoms with van der Waals surface area (Å²) in [5.41, 5.74) is 3.27. The van der Waals surface area contributed by atoms with Crippen LogP contribution in [0.5, 0.6) is 5.75 Å². The van der Waals surface area contributed by atoms with Crippen LogP contribution in [0.1, 0.15) is 37.6 Å². The zero-order chi connectivity index (χ0) is 24.5. The second-order valence-corrected chi connectivity index (χ2v) is 11.7. The van der Waals surface area contributed by atoms with Crippen LogP contribution < -0.4 is 4.74 Å². The fourth-order valence-electron chi connectivity index (χ4n) is 3.40. The molecule has 0 spiro atoms. The van der Waals surface area contributed by atoms with Gasteiger partial charge in [0.25, 0.3) is 0 Å². The van der Waals surface area contributed by atoms with Crippen molar-refractivity contribution in [2.24, 2.45) is 0 Å². The molecule has 0 aliphatic carbocycles. The second-order valence-electron chi connectivity index (χ2n) is 8.70. The fourth-order valence-corrected chi connectivity index (χ4v) is 5.21. The van der Waals surface area contributed by atoms with Crippen molar-refractivity contribution in [2.75, 3.05) is 0 Å². The minimum absolute atomic E-state index is 0.000198. The second kappa shape index (κ2) is 9.52. The fraction of sp³-hybridized carbons (Fsp3) is 0.240. The number of carboxylic acids is 1. The van der Waals surface area contributed by atoms with Gasteiger partial charge in [-0.3, -0.25) is 14.4 Å². The Bertz CT molecular complexity index is 1400. The summed E-state index contributed by atoms with van der Waals surface area (Å²) in [4.78, 5) is 15.7. The molecule has 2 heterocycles. The predicted octanol–water partition coefficient (Wildman–Crippen LogP) is 5.63. The zero-order valence-corrected chi connectivity index (χ0v) is 20.6. The van der Waals surface area contributed by atoms with Crippen LogP contribution in [0.2, 0.25) is 0 Å². The number of nitrogens with zero attached hydrogens (tertiary/aromatic N) is 1. The van der Waals surface area contributed by atoms with E-state index in [9.17, 15) is 9.00 Å². The maximum Gasteiger partial charge on any atom is 0.307 e. The van der Waals surface area contributed by atoms with E-state index in [2.05, 4.69) is 4.98 Å². The molecule has 2 N–H and O–H groups in total. The van der Waals surface area contributed by atoms with Gasteiger partial charge in [0.2, 0.25) is 0 Å². The number of hydrogen-bond donors (Lipinski definition) is 2. The van der Waals surface area contributed by atoms with Crippen LogP contribution in [0, 0.1) is 5.41 Å². The highest BCUT2D eigenvalue weighted by Gasteiger charge is 2.26. The molecule has 1 atom stereocenters. The van der Waals surface area contributed by atoms with Gasteiger partial charge >= 0.3 is 5.97 Å². The number of fused-ring (bicyclic) bond motifs is 1. The van der Waals surface area contributed by atoms with E-state index in [0.717, 1.165) is 16.5 Å². The highest BCUT2D eigenvalue weighted by Crippen LogP contribution is 2.34. The number of ether oxygens (including phenoxy) is 1. The number of carbonyl (C=O) groups is 1. The van der Waals surface area contributed by atoms with Gasteiger partial charge in [-0.15, -0.1) is 11.3 Å². The summed E-state index contributed by atoms with van der Waals surface area (Å²) in [6.07, 6.45) is 1.48. The molecular weight excluding hydrogens is 472 g/mol. The van der Waals surface area contributed by atoms with E-state index in [0.29, 0.717) is 27.6 Å². The molecule has 0 fully saturated rings. The molecule has 2 aromatic carbocycles. The van der Waals surface area contributed by atoms with Crippen molar-refractivity contribution in [1.29, 1.82) is 5.41 Å². The van der Waals surface area contributed by atoms with Crippen molar-refractivity contribution in [2.45, 2.75) is 38.5 Å². The molecule has 7 nitrogen and oxygen atoms in total. The minimum atomic E-state index is -1.49. The number of benzene rings is 2. The van der Waals surface area contributed by atoms with E-state index in [1.807, 2.05) is 39.0 Å². The standard InChI is InChI=1S/C25H24N2O5S2/c1-25(2,3)34(30)23(26)19-14-33-24(27-19)18-11-15(10-17-8-9-31-22(17)18)13-32-20-7-5-4-6-16(20)12-21(28)29/h4-11,14,26H,12-13H2,1-3H3,(H,28,29). The molecule has 2 aromatic heterocycles. The number of thiazole rings is 1. The first-order valence-corrected chi connectivity index (χ1v) is 12.6. The van der Waals surface area contributed by atoms with E-state index < -0.39 is 21.5 Å². The summed E-state index contributed by atoms with van der Waals surface area (Å²) in [6, 6.07) is 12.8. The van der Waals surface area contributed by atoms with Gasteiger partial charge in [0.05, 0.1) is 29.0 Å². The molecule has 0 amide bonds. The predicted molar refractivity (Wildman–Crippen MR) is 134 cm³/mol. The SMILES string of the molecule is CC(C)(C)S(=O)C(=N)c1csc(-c2cc(COc3ccccc3CC(=O)O)cc3ccoc23)n1. The van der Waals surface area contributed by atoms with E-state index in [1.165, 1.54) is 11.3 Å². The summed E-state index contributed by atoms with van der Waals surface area (Å²) in [5, 5.41) is 20.7. The normalized spacial score (nSPS) is 12.6. The summed E-state index contributed by atoms with van der Waals surface area (Å²) in [5.74, 6) is -0.399. The lowest BCUT2D eigenvalue weighted by molar-refractivity contribution is -0.136. The van der Waals surface area contributed by atoms with Crippen LogP contribution in [0.4, 0.5) is 0 Å². The number of furan rings is 1. The Labute approximate surface area is 203 Å². The van der Waals surface area contributed by atoms with Crippen LogP contribution in [0.25, 0.3) is 21.5 Å². The summed E-state index contributed by atoms with van der Waals surface area (Å²) < 4.78 is 23.7. The Balaban J connectivity index is 1.63. The van der Waals surface area contributed by atoms with Crippen molar-refractivity contribution >= 4 is 44.1 Å². The third kappa shape index (κ3) is 5.10. The first kappa shape index (κ1) is 23.8. The molecule has 176 valence electrons. The molecule has 0 aliphatic rings. The number of carboxylic acid groups (broad SMARTS) is 1. The molecule has 34 heavy (non-hydrogen) atoms. The average molecular weight is 497 g/mol. The van der Waals surface area contributed by atoms with Crippen molar-refractivity contribution in [3.05, 3.63) is 70.9 Å². The van der Waals surface area contributed by atoms with E-state index in [4.69, 9.17) is 19.7 Å². The molecule has 4 rings (SSSR count). The molecule has 0 saturated heterocycles. The topological polar surface area (TPSA) is 113 Å². The Morgan fingerprint density at radius 2 is 2.00 bits per heavy atom. The van der Waals surface area contributed by atoms with Gasteiger partial charge in [0, 0.05) is 21.1 Å². The number of para-hydroxylation sites is 1. The monoisotopic (exact) mass is 496 g/mol. The van der Waals surface area contributed by atoms with Crippen LogP contribution in [0.3, 0.4) is 0 Å². The van der Waals surface area contributed by atoms with Crippen LogP contribution in [0.15, 0.2) is 58.5 Å². The van der Waals surface area contributed by atoms with E-state index >= 15 is 0 Å². The third-order valence-electron chi connectivity index (χ3n) is 5.03. The summed E-state index contributed by atoms with van der Waals surface area (Å²) in [6.45, 7) is 5.72. The quantitative estimate of drug-likeness (QED) is 0.253. The zero-order valence-electron chi connectivity index (χ0n) is 19.0. The van der Waals surface area contributed by atoms with Crippen LogP contribution >= 0.6 is 11.3 Å².